The zero-order valence-corrected chi connectivity index (χ0v) is 5.23. The molecule has 6 N–H and O–H groups in total. The maximum absolute atomic E-state index is 8.76. The molecule has 0 aromatic heterocycles. The molecule has 0 aromatic carbocycles. The van der Waals surface area contributed by atoms with E-state index in [1.54, 1.807) is 5.43 Å². The maximum Gasteiger partial charge on any atom is 0.190 e. The Hall–Kier alpha value is -0.360. The van der Waals surface area contributed by atoms with Crippen LogP contribution in [-0.4, -0.2) is 54.0 Å². The van der Waals surface area contributed by atoms with E-state index in [-0.39, 0.29) is 15.7 Å². The monoisotopic (exact) mass is 168 g/mol. The van der Waals surface area contributed by atoms with Crippen LogP contribution in [0, 0.1) is 0 Å². The van der Waals surface area contributed by atoms with Gasteiger partial charge in [0.05, 0.1) is 0 Å². The summed E-state index contributed by atoms with van der Waals surface area (Å²) in [5.41, 5.74) is 1.78. The van der Waals surface area contributed by atoms with E-state index in [2.05, 4.69) is 0 Å². The highest BCUT2D eigenvalue weighted by Gasteiger charge is 2.37. The standard InChI is InChI=1S/C2H8N4O5/c7-1-2(8)4(9)6(11)5(10)3-1/h1-3,7-11H. The van der Waals surface area contributed by atoms with Gasteiger partial charge in [-0.25, -0.2) is 0 Å². The van der Waals surface area contributed by atoms with Crippen LogP contribution in [-0.2, 0) is 0 Å². The number of aliphatic hydroxyl groups excluding tert-OH is 2. The van der Waals surface area contributed by atoms with Crippen LogP contribution in [0.25, 0.3) is 0 Å². The molecule has 1 saturated heterocycles. The first-order chi connectivity index (χ1) is 5.04. The molecule has 0 aliphatic carbocycles. The van der Waals surface area contributed by atoms with Crippen molar-refractivity contribution in [3.8, 4) is 0 Å². The van der Waals surface area contributed by atoms with Crippen molar-refractivity contribution in [2.24, 2.45) is 0 Å². The van der Waals surface area contributed by atoms with E-state index in [1.165, 1.54) is 0 Å². The number of aliphatic hydroxyl groups is 2. The van der Waals surface area contributed by atoms with Gasteiger partial charge in [0.2, 0.25) is 0 Å². The molecule has 1 fully saturated rings. The van der Waals surface area contributed by atoms with E-state index in [1.807, 2.05) is 0 Å². The van der Waals surface area contributed by atoms with Crippen molar-refractivity contribution >= 4 is 0 Å². The normalized spacial score (nSPS) is 37.9. The number of rotatable bonds is 0. The molecule has 11 heavy (non-hydrogen) atoms. The van der Waals surface area contributed by atoms with Crippen LogP contribution >= 0.6 is 0 Å². The summed E-state index contributed by atoms with van der Waals surface area (Å²) in [4.78, 5) is 0. The van der Waals surface area contributed by atoms with Crippen LogP contribution in [0.3, 0.4) is 0 Å². The minimum atomic E-state index is -1.76. The van der Waals surface area contributed by atoms with Crippen LogP contribution in [0.1, 0.15) is 0 Å². The van der Waals surface area contributed by atoms with Gasteiger partial charge in [-0.05, 0) is 10.5 Å². The van der Waals surface area contributed by atoms with Gasteiger partial charge in [-0.1, -0.05) is 0 Å². The topological polar surface area (TPSA) is 123 Å². The lowest BCUT2D eigenvalue weighted by molar-refractivity contribution is -0.576. The van der Waals surface area contributed by atoms with Crippen molar-refractivity contribution < 1.29 is 25.8 Å². The van der Waals surface area contributed by atoms with Crippen LogP contribution in [0.5, 0.6) is 0 Å². The predicted molar refractivity (Wildman–Crippen MR) is 26.0 cm³/mol. The van der Waals surface area contributed by atoms with Gasteiger partial charge in [-0.3, -0.25) is 15.6 Å². The summed E-state index contributed by atoms with van der Waals surface area (Å²) in [5.74, 6) is 0. The number of hydrogen-bond donors (Lipinski definition) is 6. The predicted octanol–water partition coefficient (Wildman–Crippen LogP) is -2.95. The molecule has 0 aromatic rings. The van der Waals surface area contributed by atoms with Gasteiger partial charge < -0.3 is 10.2 Å². The number of hydrogen-bond acceptors (Lipinski definition) is 9. The van der Waals surface area contributed by atoms with Gasteiger partial charge in [0.15, 0.2) is 12.5 Å². The highest BCUT2D eigenvalue weighted by atomic mass is 16.8. The van der Waals surface area contributed by atoms with E-state index in [4.69, 9.17) is 25.8 Å². The molecule has 0 saturated carbocycles. The Morgan fingerprint density at radius 3 is 2.18 bits per heavy atom. The quantitative estimate of drug-likeness (QED) is 0.225. The van der Waals surface area contributed by atoms with Gasteiger partial charge in [-0.2, -0.15) is 5.43 Å². The first-order valence-corrected chi connectivity index (χ1v) is 2.62. The number of hydroxylamine groups is 1. The fourth-order valence-corrected chi connectivity index (χ4v) is 0.556. The Kier molecular flexibility index (Phi) is 2.34. The fourth-order valence-electron chi connectivity index (χ4n) is 0.556. The summed E-state index contributed by atoms with van der Waals surface area (Å²) in [6, 6.07) is 0. The summed E-state index contributed by atoms with van der Waals surface area (Å²) in [7, 11) is 0. The zero-order valence-electron chi connectivity index (χ0n) is 5.23. The van der Waals surface area contributed by atoms with Gasteiger partial charge in [0.25, 0.3) is 0 Å². The smallest absolute Gasteiger partial charge is 0.190 e. The molecule has 9 nitrogen and oxygen atoms in total. The van der Waals surface area contributed by atoms with Gasteiger partial charge in [0.1, 0.15) is 0 Å². The van der Waals surface area contributed by atoms with Crippen molar-refractivity contribution in [1.82, 2.24) is 21.2 Å². The molecule has 66 valence electrons. The highest BCUT2D eigenvalue weighted by Crippen LogP contribution is 2.06. The van der Waals surface area contributed by atoms with Gasteiger partial charge >= 0.3 is 0 Å². The summed E-state index contributed by atoms with van der Waals surface area (Å²) in [5, 5.41) is 42.8. The average molecular weight is 168 g/mol. The Labute approximate surface area is 60.7 Å². The number of hydrazine groups is 3. The number of nitrogens with zero attached hydrogens (tertiary/aromatic N) is 3. The molecule has 1 heterocycles. The summed E-state index contributed by atoms with van der Waals surface area (Å²) < 4.78 is 0. The third-order valence-electron chi connectivity index (χ3n) is 1.12. The van der Waals surface area contributed by atoms with Crippen molar-refractivity contribution in [3.63, 3.8) is 0 Å². The second-order valence-electron chi connectivity index (χ2n) is 1.87. The fraction of sp³-hybridized carbons (Fsp3) is 1.00. The van der Waals surface area contributed by atoms with Gasteiger partial charge in [0, 0.05) is 5.28 Å². The van der Waals surface area contributed by atoms with Crippen LogP contribution in [0.2, 0.25) is 0 Å². The Morgan fingerprint density at radius 2 is 1.64 bits per heavy atom. The minimum absolute atomic E-state index is 0.114. The molecule has 2 atom stereocenters. The molecule has 0 bridgehead atoms. The zero-order chi connectivity index (χ0) is 8.59. The first kappa shape index (κ1) is 8.73. The van der Waals surface area contributed by atoms with Crippen molar-refractivity contribution in [2.75, 3.05) is 0 Å². The number of nitrogens with one attached hydrogen (secondary N) is 1. The molecule has 9 heteroatoms. The lowest BCUT2D eigenvalue weighted by atomic mass is 10.5. The molecule has 1 aliphatic rings. The largest absolute Gasteiger partial charge is 0.373 e. The Balaban J connectivity index is 2.63. The van der Waals surface area contributed by atoms with Crippen LogP contribution < -0.4 is 5.43 Å². The molecular formula is C2H8N4O5. The van der Waals surface area contributed by atoms with E-state index < -0.39 is 12.5 Å². The molecule has 1 aliphatic heterocycles. The summed E-state index contributed by atoms with van der Waals surface area (Å²) >= 11 is 0. The molecule has 2 unspecified atom stereocenters. The summed E-state index contributed by atoms with van der Waals surface area (Å²) in [6.07, 6.45) is -3.36. The lowest BCUT2D eigenvalue weighted by Gasteiger charge is -2.39. The second-order valence-corrected chi connectivity index (χ2v) is 1.87. The third kappa shape index (κ3) is 1.46. The van der Waals surface area contributed by atoms with Gasteiger partial charge in [-0.15, -0.1) is 0 Å². The second kappa shape index (κ2) is 2.94. The lowest BCUT2D eigenvalue weighted by Crippen LogP contribution is -2.69. The van der Waals surface area contributed by atoms with Crippen molar-refractivity contribution in [1.29, 1.82) is 0 Å². The maximum atomic E-state index is 8.76. The van der Waals surface area contributed by atoms with E-state index >= 15 is 0 Å². The van der Waals surface area contributed by atoms with Crippen LogP contribution in [0.15, 0.2) is 0 Å². The van der Waals surface area contributed by atoms with E-state index in [9.17, 15) is 0 Å². The Morgan fingerprint density at radius 1 is 1.09 bits per heavy atom. The van der Waals surface area contributed by atoms with Crippen molar-refractivity contribution in [3.05, 3.63) is 0 Å². The molecular weight excluding hydrogens is 160 g/mol. The van der Waals surface area contributed by atoms with Crippen molar-refractivity contribution in [2.45, 2.75) is 12.5 Å². The first-order valence-electron chi connectivity index (χ1n) is 2.62. The molecule has 0 radical (unpaired) electrons. The van der Waals surface area contributed by atoms with Crippen LogP contribution in [0.4, 0.5) is 0 Å². The summed E-state index contributed by atoms with van der Waals surface area (Å²) in [6.45, 7) is 0. The van der Waals surface area contributed by atoms with E-state index in [0.29, 0.717) is 0 Å². The highest BCUT2D eigenvalue weighted by molar-refractivity contribution is 4.57. The minimum Gasteiger partial charge on any atom is -0.373 e. The average Bonchev–Trinajstić information content (AvgIpc) is 1.97. The Bertz CT molecular complexity index is 130. The third-order valence-corrected chi connectivity index (χ3v) is 1.12. The SMILES string of the molecule is OC1NN(O)N(O)N(O)C1O. The molecule has 0 spiro atoms. The molecule has 0 amide bonds. The molecule has 1 rings (SSSR count). The van der Waals surface area contributed by atoms with E-state index in [0.717, 1.165) is 0 Å².